The summed E-state index contributed by atoms with van der Waals surface area (Å²) in [5.41, 5.74) is 0.740. The molecule has 5 heteroatoms. The van der Waals surface area contributed by atoms with Crippen molar-refractivity contribution in [1.29, 1.82) is 0 Å². The quantitative estimate of drug-likeness (QED) is 0.727. The molecular formula is C19H14FNO3. The van der Waals surface area contributed by atoms with Crippen molar-refractivity contribution in [3.8, 4) is 5.75 Å². The van der Waals surface area contributed by atoms with Gasteiger partial charge in [-0.15, -0.1) is 0 Å². The highest BCUT2D eigenvalue weighted by Crippen LogP contribution is 2.26. The lowest BCUT2D eigenvalue weighted by Gasteiger charge is -2.11. The van der Waals surface area contributed by atoms with Crippen molar-refractivity contribution < 1.29 is 18.7 Å². The van der Waals surface area contributed by atoms with Crippen LogP contribution in [0.5, 0.6) is 5.75 Å². The van der Waals surface area contributed by atoms with Gasteiger partial charge in [-0.05, 0) is 35.0 Å². The standard InChI is InChI=1S/C19H14FNO3/c20-14-5-3-6-15(10-14)21-19(23)12-24-18-9-8-13-4-1-2-7-16(13)17(18)11-22/h1-11H,12H2,(H,21,23). The average Bonchev–Trinajstić information content (AvgIpc) is 2.59. The third kappa shape index (κ3) is 3.41. The maximum absolute atomic E-state index is 13.1. The number of hydrogen-bond acceptors (Lipinski definition) is 3. The zero-order valence-electron chi connectivity index (χ0n) is 12.7. The number of amides is 1. The van der Waals surface area contributed by atoms with E-state index >= 15 is 0 Å². The third-order valence-corrected chi connectivity index (χ3v) is 3.52. The highest BCUT2D eigenvalue weighted by Gasteiger charge is 2.10. The molecule has 3 aromatic rings. The van der Waals surface area contributed by atoms with Crippen LogP contribution in [0, 0.1) is 5.82 Å². The van der Waals surface area contributed by atoms with Crippen LogP contribution in [0.15, 0.2) is 60.7 Å². The first-order valence-corrected chi connectivity index (χ1v) is 7.32. The van der Waals surface area contributed by atoms with Crippen molar-refractivity contribution in [1.82, 2.24) is 0 Å². The molecule has 0 unspecified atom stereocenters. The number of hydrogen-bond donors (Lipinski definition) is 1. The maximum Gasteiger partial charge on any atom is 0.262 e. The molecule has 0 fully saturated rings. The fourth-order valence-corrected chi connectivity index (χ4v) is 2.43. The Labute approximate surface area is 137 Å². The van der Waals surface area contributed by atoms with Crippen molar-refractivity contribution in [3.05, 3.63) is 72.0 Å². The summed E-state index contributed by atoms with van der Waals surface area (Å²) in [6.45, 7) is -0.282. The van der Waals surface area contributed by atoms with Crippen molar-refractivity contribution in [2.24, 2.45) is 0 Å². The molecule has 0 aromatic heterocycles. The SMILES string of the molecule is O=Cc1c(OCC(=O)Nc2cccc(F)c2)ccc2ccccc12. The lowest BCUT2D eigenvalue weighted by molar-refractivity contribution is -0.118. The van der Waals surface area contributed by atoms with Crippen LogP contribution in [0.4, 0.5) is 10.1 Å². The van der Waals surface area contributed by atoms with E-state index in [1.807, 2.05) is 30.3 Å². The first-order valence-electron chi connectivity index (χ1n) is 7.32. The lowest BCUT2D eigenvalue weighted by atomic mass is 10.0. The average molecular weight is 323 g/mol. The van der Waals surface area contributed by atoms with Crippen LogP contribution < -0.4 is 10.1 Å². The second-order valence-electron chi connectivity index (χ2n) is 5.16. The van der Waals surface area contributed by atoms with E-state index in [1.165, 1.54) is 18.2 Å². The molecule has 0 aliphatic heterocycles. The smallest absolute Gasteiger partial charge is 0.262 e. The van der Waals surface area contributed by atoms with Gasteiger partial charge in [0, 0.05) is 5.69 Å². The molecule has 1 amide bonds. The number of halogens is 1. The van der Waals surface area contributed by atoms with Crippen LogP contribution in [0.1, 0.15) is 10.4 Å². The maximum atomic E-state index is 13.1. The second kappa shape index (κ2) is 6.91. The van der Waals surface area contributed by atoms with Crippen LogP contribution in [0.2, 0.25) is 0 Å². The highest BCUT2D eigenvalue weighted by atomic mass is 19.1. The Kier molecular flexibility index (Phi) is 4.52. The van der Waals surface area contributed by atoms with E-state index in [9.17, 15) is 14.0 Å². The first-order chi connectivity index (χ1) is 11.7. The van der Waals surface area contributed by atoms with Gasteiger partial charge in [0.2, 0.25) is 0 Å². The molecule has 0 aliphatic carbocycles. The van der Waals surface area contributed by atoms with Gasteiger partial charge in [0.25, 0.3) is 5.91 Å². The normalized spacial score (nSPS) is 10.4. The molecule has 0 spiro atoms. The molecule has 0 atom stereocenters. The molecule has 0 heterocycles. The van der Waals surface area contributed by atoms with Crippen LogP contribution in [0.3, 0.4) is 0 Å². The van der Waals surface area contributed by atoms with Gasteiger partial charge in [-0.2, -0.15) is 0 Å². The Morgan fingerprint density at radius 1 is 1.08 bits per heavy atom. The number of anilines is 1. The summed E-state index contributed by atoms with van der Waals surface area (Å²) in [5, 5.41) is 4.21. The van der Waals surface area contributed by atoms with E-state index in [2.05, 4.69) is 5.32 Å². The fraction of sp³-hybridized carbons (Fsp3) is 0.0526. The largest absolute Gasteiger partial charge is 0.483 e. The molecule has 1 N–H and O–H groups in total. The lowest BCUT2D eigenvalue weighted by Crippen LogP contribution is -2.20. The Morgan fingerprint density at radius 3 is 2.71 bits per heavy atom. The zero-order valence-corrected chi connectivity index (χ0v) is 12.7. The van der Waals surface area contributed by atoms with E-state index in [-0.39, 0.29) is 6.61 Å². The minimum Gasteiger partial charge on any atom is -0.483 e. The Hall–Kier alpha value is -3.21. The number of carbonyl (C=O) groups is 2. The molecule has 4 nitrogen and oxygen atoms in total. The van der Waals surface area contributed by atoms with Crippen LogP contribution in [-0.4, -0.2) is 18.8 Å². The molecule has 3 aromatic carbocycles. The number of nitrogens with one attached hydrogen (secondary N) is 1. The highest BCUT2D eigenvalue weighted by molar-refractivity contribution is 6.01. The van der Waals surface area contributed by atoms with Crippen molar-refractivity contribution in [2.45, 2.75) is 0 Å². The fourth-order valence-electron chi connectivity index (χ4n) is 2.43. The first kappa shape index (κ1) is 15.7. The predicted octanol–water partition coefficient (Wildman–Crippen LogP) is 3.81. The molecule has 24 heavy (non-hydrogen) atoms. The summed E-state index contributed by atoms with van der Waals surface area (Å²) in [6.07, 6.45) is 0.710. The molecule has 0 bridgehead atoms. The monoisotopic (exact) mass is 323 g/mol. The van der Waals surface area contributed by atoms with Gasteiger partial charge < -0.3 is 10.1 Å². The van der Waals surface area contributed by atoms with E-state index in [0.29, 0.717) is 23.3 Å². The molecule has 0 saturated carbocycles. The Balaban J connectivity index is 1.73. The molecule has 120 valence electrons. The van der Waals surface area contributed by atoms with Gasteiger partial charge in [0.1, 0.15) is 11.6 Å². The van der Waals surface area contributed by atoms with E-state index in [4.69, 9.17) is 4.74 Å². The van der Waals surface area contributed by atoms with E-state index in [1.54, 1.807) is 12.1 Å². The number of benzene rings is 3. The summed E-state index contributed by atoms with van der Waals surface area (Å²) in [6, 6.07) is 16.5. The van der Waals surface area contributed by atoms with Gasteiger partial charge in [0.15, 0.2) is 12.9 Å². The Morgan fingerprint density at radius 2 is 1.92 bits per heavy atom. The van der Waals surface area contributed by atoms with Gasteiger partial charge >= 0.3 is 0 Å². The van der Waals surface area contributed by atoms with E-state index in [0.717, 1.165) is 10.8 Å². The summed E-state index contributed by atoms with van der Waals surface area (Å²) in [4.78, 5) is 23.3. The number of carbonyl (C=O) groups excluding carboxylic acids is 2. The van der Waals surface area contributed by atoms with Crippen molar-refractivity contribution in [3.63, 3.8) is 0 Å². The van der Waals surface area contributed by atoms with Crippen molar-refractivity contribution in [2.75, 3.05) is 11.9 Å². The minimum absolute atomic E-state index is 0.282. The van der Waals surface area contributed by atoms with Gasteiger partial charge in [0.05, 0.1) is 5.56 Å². The zero-order chi connectivity index (χ0) is 16.9. The summed E-state index contributed by atoms with van der Waals surface area (Å²) < 4.78 is 18.6. The topological polar surface area (TPSA) is 55.4 Å². The van der Waals surface area contributed by atoms with Gasteiger partial charge in [-0.3, -0.25) is 9.59 Å². The van der Waals surface area contributed by atoms with Crippen LogP contribution in [-0.2, 0) is 4.79 Å². The molecule has 0 aliphatic rings. The number of ether oxygens (including phenoxy) is 1. The van der Waals surface area contributed by atoms with Gasteiger partial charge in [-0.1, -0.05) is 36.4 Å². The summed E-state index contributed by atoms with van der Waals surface area (Å²) in [5.74, 6) is -0.546. The van der Waals surface area contributed by atoms with Crippen molar-refractivity contribution >= 4 is 28.7 Å². The Bertz CT molecular complexity index is 908. The van der Waals surface area contributed by atoms with Crippen LogP contribution in [0.25, 0.3) is 10.8 Å². The van der Waals surface area contributed by atoms with Crippen LogP contribution >= 0.6 is 0 Å². The predicted molar refractivity (Wildman–Crippen MR) is 89.9 cm³/mol. The summed E-state index contributed by atoms with van der Waals surface area (Å²) >= 11 is 0. The molecule has 3 rings (SSSR count). The number of aldehydes is 1. The molecular weight excluding hydrogens is 309 g/mol. The minimum atomic E-state index is -0.439. The third-order valence-electron chi connectivity index (χ3n) is 3.52. The summed E-state index contributed by atoms with van der Waals surface area (Å²) in [7, 11) is 0. The second-order valence-corrected chi connectivity index (χ2v) is 5.16. The molecule has 0 saturated heterocycles. The molecule has 0 radical (unpaired) electrons. The van der Waals surface area contributed by atoms with Gasteiger partial charge in [-0.25, -0.2) is 4.39 Å². The van der Waals surface area contributed by atoms with E-state index < -0.39 is 11.7 Å². The number of fused-ring (bicyclic) bond motifs is 1. The number of rotatable bonds is 5.